The van der Waals surface area contributed by atoms with Crippen LogP contribution in [0.4, 0.5) is 34.1 Å². The van der Waals surface area contributed by atoms with Gasteiger partial charge < -0.3 is 9.80 Å². The SMILES string of the molecule is C1=Cc2cc(N(c3ccccc3)c3ccc4c(c3)CC3=C4Cc4cc(N(c5ccccc5)c5ccc6c(c5)CC=C6)ccc43)ccc2C1. The van der Waals surface area contributed by atoms with Crippen LogP contribution in [-0.4, -0.2) is 0 Å². The van der Waals surface area contributed by atoms with E-state index in [1.807, 2.05) is 0 Å². The molecule has 0 unspecified atom stereocenters. The minimum absolute atomic E-state index is 0.973. The van der Waals surface area contributed by atoms with Gasteiger partial charge in [-0.3, -0.25) is 0 Å². The Bertz CT molecular complexity index is 2340. The topological polar surface area (TPSA) is 6.48 Å². The highest BCUT2D eigenvalue weighted by Crippen LogP contribution is 2.50. The minimum atomic E-state index is 0.973. The second-order valence-corrected chi connectivity index (χ2v) is 13.3. The van der Waals surface area contributed by atoms with Gasteiger partial charge >= 0.3 is 0 Å². The van der Waals surface area contributed by atoms with E-state index in [0.717, 1.165) is 25.7 Å². The van der Waals surface area contributed by atoms with Gasteiger partial charge in [-0.1, -0.05) is 85.0 Å². The van der Waals surface area contributed by atoms with E-state index in [9.17, 15) is 0 Å². The highest BCUT2D eigenvalue weighted by Gasteiger charge is 2.31. The number of allylic oxidation sites excluding steroid dienone is 4. The molecule has 228 valence electrons. The Hall–Kier alpha value is -5.86. The Morgan fingerprint density at radius 3 is 1.44 bits per heavy atom. The summed E-state index contributed by atoms with van der Waals surface area (Å²) in [5.41, 5.74) is 21.3. The summed E-state index contributed by atoms with van der Waals surface area (Å²) in [6, 6.07) is 49.6. The average Bonchev–Trinajstić information content (AvgIpc) is 3.93. The zero-order valence-corrected chi connectivity index (χ0v) is 26.7. The molecule has 0 N–H and O–H groups in total. The zero-order valence-electron chi connectivity index (χ0n) is 26.7. The Labute approximate surface area is 282 Å². The van der Waals surface area contributed by atoms with Gasteiger partial charge in [-0.25, -0.2) is 0 Å². The molecule has 0 fully saturated rings. The Balaban J connectivity index is 0.986. The van der Waals surface area contributed by atoms with Crippen LogP contribution in [0.2, 0.25) is 0 Å². The molecule has 0 saturated carbocycles. The van der Waals surface area contributed by atoms with Crippen LogP contribution in [0.5, 0.6) is 0 Å². The molecule has 2 nitrogen and oxygen atoms in total. The van der Waals surface area contributed by atoms with Crippen molar-refractivity contribution in [1.82, 2.24) is 0 Å². The number of anilines is 6. The van der Waals surface area contributed by atoms with E-state index < -0.39 is 0 Å². The molecule has 0 heterocycles. The highest BCUT2D eigenvalue weighted by molar-refractivity contribution is 6.03. The Kier molecular flexibility index (Phi) is 6.17. The predicted molar refractivity (Wildman–Crippen MR) is 202 cm³/mol. The van der Waals surface area contributed by atoms with Gasteiger partial charge in [-0.2, -0.15) is 0 Å². The Morgan fingerprint density at radius 1 is 0.354 bits per heavy atom. The van der Waals surface area contributed by atoms with Crippen molar-refractivity contribution in [3.05, 3.63) is 190 Å². The maximum atomic E-state index is 2.43. The summed E-state index contributed by atoms with van der Waals surface area (Å²) in [5.74, 6) is 0. The Morgan fingerprint density at radius 2 is 0.833 bits per heavy atom. The lowest BCUT2D eigenvalue weighted by Crippen LogP contribution is -2.11. The van der Waals surface area contributed by atoms with Crippen LogP contribution in [0, 0.1) is 0 Å². The van der Waals surface area contributed by atoms with Crippen LogP contribution < -0.4 is 9.80 Å². The molecule has 0 aromatic heterocycles. The molecule has 4 aliphatic carbocycles. The third-order valence-electron chi connectivity index (χ3n) is 10.5. The van der Waals surface area contributed by atoms with Crippen LogP contribution in [0.15, 0.2) is 146 Å². The van der Waals surface area contributed by atoms with Gasteiger partial charge in [0.05, 0.1) is 0 Å². The van der Waals surface area contributed by atoms with Crippen LogP contribution in [0.3, 0.4) is 0 Å². The van der Waals surface area contributed by atoms with E-state index in [1.54, 1.807) is 0 Å². The molecule has 0 aliphatic heterocycles. The normalized spacial score (nSPS) is 14.5. The minimum Gasteiger partial charge on any atom is -0.310 e. The molecule has 0 amide bonds. The molecule has 0 radical (unpaired) electrons. The molecule has 6 aromatic rings. The summed E-state index contributed by atoms with van der Waals surface area (Å²) in [5, 5.41) is 0. The maximum absolute atomic E-state index is 2.43. The summed E-state index contributed by atoms with van der Waals surface area (Å²) < 4.78 is 0. The number of para-hydroxylation sites is 2. The van der Waals surface area contributed by atoms with Crippen molar-refractivity contribution in [2.45, 2.75) is 25.7 Å². The van der Waals surface area contributed by atoms with Crippen LogP contribution in [0.25, 0.3) is 23.3 Å². The van der Waals surface area contributed by atoms with Crippen LogP contribution >= 0.6 is 0 Å². The molecule has 6 aromatic carbocycles. The third kappa shape index (κ3) is 4.41. The first-order chi connectivity index (χ1) is 23.8. The van der Waals surface area contributed by atoms with Gasteiger partial charge in [0.15, 0.2) is 0 Å². The van der Waals surface area contributed by atoms with Gasteiger partial charge in [0, 0.05) is 34.1 Å². The number of rotatable bonds is 6. The van der Waals surface area contributed by atoms with Crippen LogP contribution in [0.1, 0.15) is 44.5 Å². The third-order valence-corrected chi connectivity index (χ3v) is 10.5. The molecule has 4 aliphatic rings. The molecule has 0 saturated heterocycles. The van der Waals surface area contributed by atoms with Gasteiger partial charge in [0.25, 0.3) is 0 Å². The smallest absolute Gasteiger partial charge is 0.0467 e. The van der Waals surface area contributed by atoms with Crippen molar-refractivity contribution >= 4 is 57.4 Å². The summed E-state index contributed by atoms with van der Waals surface area (Å²) in [6.45, 7) is 0. The van der Waals surface area contributed by atoms with E-state index in [2.05, 4.69) is 168 Å². The lowest BCUT2D eigenvalue weighted by Gasteiger charge is -2.27. The number of nitrogens with zero attached hydrogens (tertiary/aromatic N) is 2. The van der Waals surface area contributed by atoms with Gasteiger partial charge in [-0.15, -0.1) is 0 Å². The zero-order chi connectivity index (χ0) is 31.6. The fourth-order valence-electron chi connectivity index (χ4n) is 8.24. The average molecular weight is 615 g/mol. The molecular weight excluding hydrogens is 581 g/mol. The largest absolute Gasteiger partial charge is 0.310 e. The first-order valence-corrected chi connectivity index (χ1v) is 17.0. The van der Waals surface area contributed by atoms with Crippen molar-refractivity contribution in [2.75, 3.05) is 9.80 Å². The quantitative estimate of drug-likeness (QED) is 0.184. The first kappa shape index (κ1) is 27.3. The second kappa shape index (κ2) is 10.9. The second-order valence-electron chi connectivity index (χ2n) is 13.3. The van der Waals surface area contributed by atoms with E-state index in [1.165, 1.54) is 89.8 Å². The van der Waals surface area contributed by atoms with Crippen molar-refractivity contribution in [3.63, 3.8) is 0 Å². The summed E-state index contributed by atoms with van der Waals surface area (Å²) in [6.07, 6.45) is 13.0. The van der Waals surface area contributed by atoms with E-state index >= 15 is 0 Å². The molecule has 10 rings (SSSR count). The number of hydrogen-bond donors (Lipinski definition) is 0. The van der Waals surface area contributed by atoms with E-state index in [4.69, 9.17) is 0 Å². The van der Waals surface area contributed by atoms with Gasteiger partial charge in [0.2, 0.25) is 0 Å². The predicted octanol–water partition coefficient (Wildman–Crippen LogP) is 11.8. The van der Waals surface area contributed by atoms with Gasteiger partial charge in [0.1, 0.15) is 0 Å². The number of fused-ring (bicyclic) bond motifs is 6. The molecule has 48 heavy (non-hydrogen) atoms. The van der Waals surface area contributed by atoms with Crippen molar-refractivity contribution in [2.24, 2.45) is 0 Å². The molecule has 0 spiro atoms. The van der Waals surface area contributed by atoms with Crippen LogP contribution in [-0.2, 0) is 25.7 Å². The summed E-state index contributed by atoms with van der Waals surface area (Å²) >= 11 is 0. The standard InChI is InChI=1S/C46H34N2/c1-3-13-37(14-4-1)47(39-19-17-31-9-7-11-33(31)25-39)41-21-23-43-35(27-41)29-45-44-24-22-42(28-36(44)30-46(43)45)48(38-15-5-2-6-16-38)40-20-18-32-10-8-12-34(32)26-40/h1-9,12-28H,10-11,29-30H2. The first-order valence-electron chi connectivity index (χ1n) is 17.0. The fourth-order valence-corrected chi connectivity index (χ4v) is 8.24. The fraction of sp³-hybridized carbons (Fsp3) is 0.0870. The number of hydrogen-bond acceptors (Lipinski definition) is 2. The summed E-state index contributed by atoms with van der Waals surface area (Å²) in [4.78, 5) is 4.82. The van der Waals surface area contributed by atoms with Gasteiger partial charge in [-0.05, 0) is 154 Å². The molecule has 0 atom stereocenters. The van der Waals surface area contributed by atoms with E-state index in [-0.39, 0.29) is 0 Å². The monoisotopic (exact) mass is 614 g/mol. The van der Waals surface area contributed by atoms with Crippen molar-refractivity contribution < 1.29 is 0 Å². The van der Waals surface area contributed by atoms with Crippen molar-refractivity contribution in [3.8, 4) is 0 Å². The lowest BCUT2D eigenvalue weighted by molar-refractivity contribution is 1.21. The summed E-state index contributed by atoms with van der Waals surface area (Å²) in [7, 11) is 0. The maximum Gasteiger partial charge on any atom is 0.0467 e. The van der Waals surface area contributed by atoms with Crippen molar-refractivity contribution in [1.29, 1.82) is 0 Å². The lowest BCUT2D eigenvalue weighted by atomic mass is 9.97. The molecule has 0 bridgehead atoms. The number of benzene rings is 6. The highest BCUT2D eigenvalue weighted by atomic mass is 15.1. The van der Waals surface area contributed by atoms with E-state index in [0.29, 0.717) is 0 Å². The molecule has 2 heteroatoms. The molecular formula is C46H34N2.